The zero-order chi connectivity index (χ0) is 8.97. The zero-order valence-corrected chi connectivity index (χ0v) is 7.80. The highest BCUT2D eigenvalue weighted by Gasteiger charge is 2.06. The van der Waals surface area contributed by atoms with Gasteiger partial charge >= 0.3 is 0 Å². The van der Waals surface area contributed by atoms with Gasteiger partial charge in [-0.15, -0.1) is 0 Å². The molecule has 0 aliphatic carbocycles. The van der Waals surface area contributed by atoms with E-state index in [4.69, 9.17) is 5.73 Å². The summed E-state index contributed by atoms with van der Waals surface area (Å²) in [6.45, 7) is 4.14. The first-order valence-corrected chi connectivity index (χ1v) is 4.51. The summed E-state index contributed by atoms with van der Waals surface area (Å²) in [6.07, 6.45) is 3.41. The van der Waals surface area contributed by atoms with E-state index < -0.39 is 0 Å². The third kappa shape index (κ3) is 2.34. The third-order valence-corrected chi connectivity index (χ3v) is 1.99. The van der Waals surface area contributed by atoms with Crippen LogP contribution in [-0.2, 0) is 0 Å². The molecule has 0 bridgehead atoms. The molecule has 68 valence electrons. The molecule has 12 heavy (non-hydrogen) atoms. The lowest BCUT2D eigenvalue weighted by atomic mass is 10.1. The van der Waals surface area contributed by atoms with Crippen molar-refractivity contribution in [2.45, 2.75) is 39.2 Å². The standard InChI is InChI=1S/C9H17N3/c1-3-4-5-8(10)9-6-7(2)11-12-9/h6,8H,3-5,10H2,1-2H3,(H,11,12). The number of H-pyrrole nitrogens is 1. The fourth-order valence-electron chi connectivity index (χ4n) is 1.21. The van der Waals surface area contributed by atoms with Crippen molar-refractivity contribution in [2.75, 3.05) is 0 Å². The Labute approximate surface area is 73.4 Å². The van der Waals surface area contributed by atoms with Crippen molar-refractivity contribution in [1.82, 2.24) is 10.2 Å². The summed E-state index contributed by atoms with van der Waals surface area (Å²) in [5, 5.41) is 6.98. The predicted octanol–water partition coefficient (Wildman–Crippen LogP) is 1.91. The molecule has 0 radical (unpaired) electrons. The van der Waals surface area contributed by atoms with E-state index in [1.54, 1.807) is 0 Å². The van der Waals surface area contributed by atoms with E-state index in [1.165, 1.54) is 12.8 Å². The van der Waals surface area contributed by atoms with Crippen LogP contribution in [0.1, 0.15) is 43.6 Å². The van der Waals surface area contributed by atoms with Crippen LogP contribution in [0.4, 0.5) is 0 Å². The molecule has 1 rings (SSSR count). The van der Waals surface area contributed by atoms with Crippen LogP contribution in [0.3, 0.4) is 0 Å². The van der Waals surface area contributed by atoms with Gasteiger partial charge in [-0.05, 0) is 19.4 Å². The van der Waals surface area contributed by atoms with Crippen LogP contribution in [0.25, 0.3) is 0 Å². The summed E-state index contributed by atoms with van der Waals surface area (Å²) in [5.41, 5.74) is 7.99. The molecule has 0 saturated heterocycles. The number of nitrogens with zero attached hydrogens (tertiary/aromatic N) is 1. The Morgan fingerprint density at radius 1 is 1.67 bits per heavy atom. The van der Waals surface area contributed by atoms with Crippen molar-refractivity contribution in [3.05, 3.63) is 17.5 Å². The van der Waals surface area contributed by atoms with Crippen molar-refractivity contribution < 1.29 is 0 Å². The van der Waals surface area contributed by atoms with Crippen LogP contribution in [0.15, 0.2) is 6.07 Å². The van der Waals surface area contributed by atoms with Crippen molar-refractivity contribution in [2.24, 2.45) is 5.73 Å². The maximum absolute atomic E-state index is 5.92. The molecule has 1 aromatic heterocycles. The molecule has 0 amide bonds. The summed E-state index contributed by atoms with van der Waals surface area (Å²) in [6, 6.07) is 2.14. The number of unbranched alkanes of at least 4 members (excludes halogenated alkanes) is 1. The molecule has 0 saturated carbocycles. The van der Waals surface area contributed by atoms with Gasteiger partial charge in [-0.1, -0.05) is 19.8 Å². The van der Waals surface area contributed by atoms with E-state index in [0.29, 0.717) is 0 Å². The van der Waals surface area contributed by atoms with Gasteiger partial charge in [0.05, 0.1) is 11.4 Å². The Morgan fingerprint density at radius 2 is 2.42 bits per heavy atom. The second kappa shape index (κ2) is 4.26. The van der Waals surface area contributed by atoms with Gasteiger partial charge < -0.3 is 5.73 Å². The minimum Gasteiger partial charge on any atom is -0.323 e. The van der Waals surface area contributed by atoms with E-state index in [1.807, 2.05) is 13.0 Å². The van der Waals surface area contributed by atoms with Crippen LogP contribution in [0.2, 0.25) is 0 Å². The van der Waals surface area contributed by atoms with E-state index >= 15 is 0 Å². The van der Waals surface area contributed by atoms with E-state index in [-0.39, 0.29) is 6.04 Å². The Hall–Kier alpha value is -0.830. The van der Waals surface area contributed by atoms with Crippen LogP contribution in [0, 0.1) is 6.92 Å². The molecule has 3 nitrogen and oxygen atoms in total. The third-order valence-electron chi connectivity index (χ3n) is 1.99. The van der Waals surface area contributed by atoms with Crippen molar-refractivity contribution in [3.8, 4) is 0 Å². The molecule has 0 aliphatic heterocycles. The lowest BCUT2D eigenvalue weighted by molar-refractivity contribution is 0.589. The number of aromatic amines is 1. The van der Waals surface area contributed by atoms with Crippen molar-refractivity contribution in [3.63, 3.8) is 0 Å². The molecule has 1 aromatic rings. The van der Waals surface area contributed by atoms with Crippen LogP contribution >= 0.6 is 0 Å². The average Bonchev–Trinajstić information content (AvgIpc) is 2.47. The molecule has 0 aromatic carbocycles. The first-order valence-electron chi connectivity index (χ1n) is 4.51. The topological polar surface area (TPSA) is 54.7 Å². The molecule has 0 fully saturated rings. The fraction of sp³-hybridized carbons (Fsp3) is 0.667. The second-order valence-electron chi connectivity index (χ2n) is 3.21. The molecular weight excluding hydrogens is 150 g/mol. The molecule has 0 aliphatic rings. The Bertz CT molecular complexity index is 229. The Morgan fingerprint density at radius 3 is 2.92 bits per heavy atom. The Kier molecular flexibility index (Phi) is 3.29. The zero-order valence-electron chi connectivity index (χ0n) is 7.80. The molecule has 3 heteroatoms. The molecule has 3 N–H and O–H groups in total. The largest absolute Gasteiger partial charge is 0.323 e. The monoisotopic (exact) mass is 167 g/mol. The van der Waals surface area contributed by atoms with Gasteiger partial charge in [-0.25, -0.2) is 0 Å². The number of nitrogens with one attached hydrogen (secondary N) is 1. The smallest absolute Gasteiger partial charge is 0.0594 e. The SMILES string of the molecule is CCCCC(N)c1cc(C)n[nH]1. The summed E-state index contributed by atoms with van der Waals surface area (Å²) in [5.74, 6) is 0. The fourth-order valence-corrected chi connectivity index (χ4v) is 1.21. The maximum Gasteiger partial charge on any atom is 0.0594 e. The maximum atomic E-state index is 5.92. The number of hydrogen-bond donors (Lipinski definition) is 2. The minimum absolute atomic E-state index is 0.131. The molecule has 0 spiro atoms. The highest BCUT2D eigenvalue weighted by molar-refractivity contribution is 5.10. The lowest BCUT2D eigenvalue weighted by Gasteiger charge is -2.06. The number of aryl methyl sites for hydroxylation is 1. The lowest BCUT2D eigenvalue weighted by Crippen LogP contribution is -2.10. The summed E-state index contributed by atoms with van der Waals surface area (Å²) in [4.78, 5) is 0. The van der Waals surface area contributed by atoms with Gasteiger partial charge in [0.15, 0.2) is 0 Å². The number of nitrogens with two attached hydrogens (primary N) is 1. The molecule has 1 unspecified atom stereocenters. The van der Waals surface area contributed by atoms with Crippen LogP contribution in [-0.4, -0.2) is 10.2 Å². The van der Waals surface area contributed by atoms with E-state index in [0.717, 1.165) is 17.8 Å². The molecule has 1 heterocycles. The molecular formula is C9H17N3. The minimum atomic E-state index is 0.131. The van der Waals surface area contributed by atoms with Gasteiger partial charge in [0.1, 0.15) is 0 Å². The second-order valence-corrected chi connectivity index (χ2v) is 3.21. The predicted molar refractivity (Wildman–Crippen MR) is 49.8 cm³/mol. The van der Waals surface area contributed by atoms with Gasteiger partial charge in [0.2, 0.25) is 0 Å². The summed E-state index contributed by atoms with van der Waals surface area (Å²) < 4.78 is 0. The first kappa shape index (κ1) is 9.26. The van der Waals surface area contributed by atoms with Gasteiger partial charge in [-0.2, -0.15) is 5.10 Å². The van der Waals surface area contributed by atoms with E-state index in [9.17, 15) is 0 Å². The first-order chi connectivity index (χ1) is 5.74. The summed E-state index contributed by atoms with van der Waals surface area (Å²) in [7, 11) is 0. The molecule has 1 atom stereocenters. The number of rotatable bonds is 4. The van der Waals surface area contributed by atoms with Crippen LogP contribution in [0.5, 0.6) is 0 Å². The highest BCUT2D eigenvalue weighted by atomic mass is 15.1. The van der Waals surface area contributed by atoms with Crippen molar-refractivity contribution in [1.29, 1.82) is 0 Å². The Balaban J connectivity index is 2.47. The van der Waals surface area contributed by atoms with Crippen LogP contribution < -0.4 is 5.73 Å². The average molecular weight is 167 g/mol. The summed E-state index contributed by atoms with van der Waals surface area (Å²) >= 11 is 0. The van der Waals surface area contributed by atoms with Gasteiger partial charge in [0, 0.05) is 6.04 Å². The number of aromatic nitrogens is 2. The normalized spacial score (nSPS) is 13.2. The van der Waals surface area contributed by atoms with Gasteiger partial charge in [-0.3, -0.25) is 5.10 Å². The highest BCUT2D eigenvalue weighted by Crippen LogP contribution is 2.14. The number of hydrogen-bond acceptors (Lipinski definition) is 2. The van der Waals surface area contributed by atoms with E-state index in [2.05, 4.69) is 17.1 Å². The van der Waals surface area contributed by atoms with Gasteiger partial charge in [0.25, 0.3) is 0 Å². The quantitative estimate of drug-likeness (QED) is 0.719. The van der Waals surface area contributed by atoms with Crippen molar-refractivity contribution >= 4 is 0 Å².